The molecule has 1 aromatic heterocycles. The second kappa shape index (κ2) is 4.54. The number of rotatable bonds is 2. The molecule has 0 saturated heterocycles. The van der Waals surface area contributed by atoms with Crippen LogP contribution in [0.3, 0.4) is 0 Å². The highest BCUT2D eigenvalue weighted by atomic mass is 19.1. The molecule has 0 aliphatic rings. The largest absolute Gasteiger partial charge is 0.261 e. The standard InChI is InChI=1S/C13H9FN2/c14-13-6-3-4-10(12(13)9-15)8-11-5-1-2-7-16-11/h1-7H,8H2. The molecule has 0 aliphatic heterocycles. The second-order valence-electron chi connectivity index (χ2n) is 3.38. The van der Waals surface area contributed by atoms with Crippen LogP contribution in [0.15, 0.2) is 42.6 Å². The topological polar surface area (TPSA) is 36.7 Å². The molecule has 0 spiro atoms. The highest BCUT2D eigenvalue weighted by molar-refractivity contribution is 5.40. The van der Waals surface area contributed by atoms with E-state index >= 15 is 0 Å². The molecule has 3 heteroatoms. The van der Waals surface area contributed by atoms with Crippen LogP contribution in [-0.2, 0) is 6.42 Å². The molecule has 0 aliphatic carbocycles. The van der Waals surface area contributed by atoms with Gasteiger partial charge in [0, 0.05) is 18.3 Å². The molecule has 1 aromatic carbocycles. The van der Waals surface area contributed by atoms with Gasteiger partial charge in [0.2, 0.25) is 0 Å². The molecular formula is C13H9FN2. The third-order valence-corrected chi connectivity index (χ3v) is 2.31. The molecular weight excluding hydrogens is 203 g/mol. The van der Waals surface area contributed by atoms with Crippen molar-refractivity contribution in [2.45, 2.75) is 6.42 Å². The third kappa shape index (κ3) is 2.06. The zero-order valence-corrected chi connectivity index (χ0v) is 8.52. The maximum atomic E-state index is 13.3. The van der Waals surface area contributed by atoms with E-state index in [1.807, 2.05) is 24.3 Å². The summed E-state index contributed by atoms with van der Waals surface area (Å²) in [5.74, 6) is -0.476. The highest BCUT2D eigenvalue weighted by Gasteiger charge is 2.08. The molecule has 0 radical (unpaired) electrons. The maximum absolute atomic E-state index is 13.3. The Bertz CT molecular complexity index is 529. The fourth-order valence-corrected chi connectivity index (χ4v) is 1.54. The summed E-state index contributed by atoms with van der Waals surface area (Å²) in [4.78, 5) is 4.15. The van der Waals surface area contributed by atoms with Gasteiger partial charge in [-0.2, -0.15) is 5.26 Å². The summed E-state index contributed by atoms with van der Waals surface area (Å²) in [5.41, 5.74) is 1.60. The lowest BCUT2D eigenvalue weighted by Crippen LogP contribution is -1.96. The van der Waals surface area contributed by atoms with Gasteiger partial charge in [0.15, 0.2) is 0 Å². The minimum Gasteiger partial charge on any atom is -0.261 e. The van der Waals surface area contributed by atoms with Crippen molar-refractivity contribution in [2.24, 2.45) is 0 Å². The minimum absolute atomic E-state index is 0.105. The number of halogens is 1. The monoisotopic (exact) mass is 212 g/mol. The third-order valence-electron chi connectivity index (χ3n) is 2.31. The first-order chi connectivity index (χ1) is 7.81. The van der Waals surface area contributed by atoms with Crippen LogP contribution in [0, 0.1) is 17.1 Å². The molecule has 16 heavy (non-hydrogen) atoms. The summed E-state index contributed by atoms with van der Waals surface area (Å²) < 4.78 is 13.3. The molecule has 0 fully saturated rings. The summed E-state index contributed by atoms with van der Waals surface area (Å²) in [6, 6.07) is 12.1. The van der Waals surface area contributed by atoms with Crippen molar-refractivity contribution in [3.63, 3.8) is 0 Å². The Hall–Kier alpha value is -2.21. The number of hydrogen-bond acceptors (Lipinski definition) is 2. The van der Waals surface area contributed by atoms with Crippen LogP contribution in [0.4, 0.5) is 4.39 Å². The molecule has 2 rings (SSSR count). The first kappa shape index (κ1) is 10.3. The van der Waals surface area contributed by atoms with Crippen LogP contribution in [-0.4, -0.2) is 4.98 Å². The van der Waals surface area contributed by atoms with Crippen molar-refractivity contribution >= 4 is 0 Å². The number of benzene rings is 1. The lowest BCUT2D eigenvalue weighted by molar-refractivity contribution is 0.621. The molecule has 2 nitrogen and oxygen atoms in total. The van der Waals surface area contributed by atoms with Gasteiger partial charge in [0.05, 0.1) is 5.56 Å². The van der Waals surface area contributed by atoms with Gasteiger partial charge < -0.3 is 0 Å². The maximum Gasteiger partial charge on any atom is 0.141 e. The normalized spacial score (nSPS) is 9.75. The smallest absolute Gasteiger partial charge is 0.141 e. The van der Waals surface area contributed by atoms with Crippen LogP contribution >= 0.6 is 0 Å². The van der Waals surface area contributed by atoms with Gasteiger partial charge in [-0.05, 0) is 23.8 Å². The zero-order chi connectivity index (χ0) is 11.4. The predicted molar refractivity (Wildman–Crippen MR) is 58.2 cm³/mol. The molecule has 0 N–H and O–H groups in total. The Balaban J connectivity index is 2.36. The Kier molecular flexibility index (Phi) is 2.93. The summed E-state index contributed by atoms with van der Waals surface area (Å²) in [6.07, 6.45) is 2.15. The fraction of sp³-hybridized carbons (Fsp3) is 0.0769. The van der Waals surface area contributed by atoms with Gasteiger partial charge in [-0.25, -0.2) is 4.39 Å². The molecule has 0 amide bonds. The SMILES string of the molecule is N#Cc1c(F)cccc1Cc1ccccn1. The van der Waals surface area contributed by atoms with Gasteiger partial charge in [-0.1, -0.05) is 18.2 Å². The van der Waals surface area contributed by atoms with Crippen LogP contribution in [0.5, 0.6) is 0 Å². The number of nitrogens with zero attached hydrogens (tertiary/aromatic N) is 2. The summed E-state index contributed by atoms with van der Waals surface area (Å²) in [7, 11) is 0. The van der Waals surface area contributed by atoms with E-state index in [4.69, 9.17) is 5.26 Å². The van der Waals surface area contributed by atoms with E-state index in [1.165, 1.54) is 6.07 Å². The fourth-order valence-electron chi connectivity index (χ4n) is 1.54. The summed E-state index contributed by atoms with van der Waals surface area (Å²) in [6.45, 7) is 0. The highest BCUT2D eigenvalue weighted by Crippen LogP contribution is 2.15. The Morgan fingerprint density at radius 2 is 2.06 bits per heavy atom. The number of nitriles is 1. The first-order valence-corrected chi connectivity index (χ1v) is 4.88. The van der Waals surface area contributed by atoms with E-state index < -0.39 is 5.82 Å². The van der Waals surface area contributed by atoms with Gasteiger partial charge in [0.25, 0.3) is 0 Å². The molecule has 0 atom stereocenters. The van der Waals surface area contributed by atoms with Gasteiger partial charge in [-0.3, -0.25) is 4.98 Å². The molecule has 2 aromatic rings. The quantitative estimate of drug-likeness (QED) is 0.767. The molecule has 78 valence electrons. The minimum atomic E-state index is -0.476. The van der Waals surface area contributed by atoms with Crippen molar-refractivity contribution in [1.82, 2.24) is 4.98 Å². The van der Waals surface area contributed by atoms with Crippen molar-refractivity contribution in [3.05, 3.63) is 65.2 Å². The van der Waals surface area contributed by atoms with Gasteiger partial charge >= 0.3 is 0 Å². The van der Waals surface area contributed by atoms with Gasteiger partial charge in [0.1, 0.15) is 11.9 Å². The zero-order valence-electron chi connectivity index (χ0n) is 8.52. The number of aromatic nitrogens is 1. The van der Waals surface area contributed by atoms with E-state index in [-0.39, 0.29) is 5.56 Å². The first-order valence-electron chi connectivity index (χ1n) is 4.88. The van der Waals surface area contributed by atoms with Gasteiger partial charge in [-0.15, -0.1) is 0 Å². The van der Waals surface area contributed by atoms with E-state index in [9.17, 15) is 4.39 Å². The van der Waals surface area contributed by atoms with Crippen LogP contribution in [0.25, 0.3) is 0 Å². The van der Waals surface area contributed by atoms with Crippen molar-refractivity contribution in [2.75, 3.05) is 0 Å². The number of pyridine rings is 1. The van der Waals surface area contributed by atoms with Crippen LogP contribution < -0.4 is 0 Å². The van der Waals surface area contributed by atoms with Crippen molar-refractivity contribution in [3.8, 4) is 6.07 Å². The average Bonchev–Trinajstić information content (AvgIpc) is 2.31. The van der Waals surface area contributed by atoms with Crippen LogP contribution in [0.1, 0.15) is 16.8 Å². The number of hydrogen-bond donors (Lipinski definition) is 0. The summed E-state index contributed by atoms with van der Waals surface area (Å²) in [5, 5.41) is 8.87. The van der Waals surface area contributed by atoms with E-state index in [0.717, 1.165) is 5.69 Å². The van der Waals surface area contributed by atoms with E-state index in [0.29, 0.717) is 12.0 Å². The lowest BCUT2D eigenvalue weighted by atomic mass is 10.0. The Morgan fingerprint density at radius 3 is 2.75 bits per heavy atom. The van der Waals surface area contributed by atoms with Crippen molar-refractivity contribution < 1.29 is 4.39 Å². The van der Waals surface area contributed by atoms with Crippen LogP contribution in [0.2, 0.25) is 0 Å². The summed E-state index contributed by atoms with van der Waals surface area (Å²) >= 11 is 0. The second-order valence-corrected chi connectivity index (χ2v) is 3.38. The predicted octanol–water partition coefficient (Wildman–Crippen LogP) is 2.68. The Morgan fingerprint density at radius 1 is 1.19 bits per heavy atom. The lowest BCUT2D eigenvalue weighted by Gasteiger charge is -2.03. The van der Waals surface area contributed by atoms with Crippen molar-refractivity contribution in [1.29, 1.82) is 5.26 Å². The molecule has 0 unspecified atom stereocenters. The molecule has 1 heterocycles. The molecule has 0 saturated carbocycles. The Labute approximate surface area is 93.0 Å². The van der Waals surface area contributed by atoms with E-state index in [2.05, 4.69) is 4.98 Å². The molecule has 0 bridgehead atoms. The average molecular weight is 212 g/mol. The van der Waals surface area contributed by atoms with E-state index in [1.54, 1.807) is 18.3 Å².